The minimum absolute atomic E-state index is 0.0696. The second kappa shape index (κ2) is 7.00. The Morgan fingerprint density at radius 2 is 2.25 bits per heavy atom. The highest BCUT2D eigenvalue weighted by molar-refractivity contribution is 7.13. The maximum Gasteiger partial charge on any atom is 0.255 e. The Hall–Kier alpha value is -2.41. The van der Waals surface area contributed by atoms with E-state index in [2.05, 4.69) is 10.3 Å². The molecule has 24 heavy (non-hydrogen) atoms. The summed E-state index contributed by atoms with van der Waals surface area (Å²) in [5.41, 5.74) is 8.14. The molecule has 1 aliphatic heterocycles. The summed E-state index contributed by atoms with van der Waals surface area (Å²) in [4.78, 5) is 30.9. The molecule has 2 amide bonds. The van der Waals surface area contributed by atoms with E-state index in [1.807, 2.05) is 36.6 Å². The summed E-state index contributed by atoms with van der Waals surface area (Å²) >= 11 is 1.39. The fraction of sp³-hybridized carbons (Fsp3) is 0.353. The highest BCUT2D eigenvalue weighted by Crippen LogP contribution is 2.25. The number of anilines is 1. The molecule has 1 atom stereocenters. The van der Waals surface area contributed by atoms with Gasteiger partial charge in [-0.1, -0.05) is 25.1 Å². The largest absolute Gasteiger partial charge is 0.375 e. The first kappa shape index (κ1) is 16.4. The number of aromatic nitrogens is 1. The summed E-state index contributed by atoms with van der Waals surface area (Å²) in [6.45, 7) is 2.89. The van der Waals surface area contributed by atoms with Gasteiger partial charge in [0.05, 0.1) is 5.69 Å². The molecule has 1 aromatic carbocycles. The van der Waals surface area contributed by atoms with Crippen molar-refractivity contribution < 1.29 is 9.59 Å². The molecule has 126 valence electrons. The van der Waals surface area contributed by atoms with E-state index in [4.69, 9.17) is 5.73 Å². The van der Waals surface area contributed by atoms with E-state index < -0.39 is 6.04 Å². The number of hydrogen-bond acceptors (Lipinski definition) is 5. The van der Waals surface area contributed by atoms with Gasteiger partial charge in [-0.25, -0.2) is 4.98 Å². The minimum Gasteiger partial charge on any atom is -0.375 e. The standard InChI is InChI=1S/C17H20N4O2S/c1-2-14(15(22)19-8-7-12-10-24-17(18)20-12)21-9-11-5-3-4-6-13(11)16(21)23/h3-6,10,14H,2,7-9H2,1H3,(H2,18,20)(H,19,22). The van der Waals surface area contributed by atoms with Gasteiger partial charge >= 0.3 is 0 Å². The van der Waals surface area contributed by atoms with Crippen LogP contribution in [-0.4, -0.2) is 34.3 Å². The molecular formula is C17H20N4O2S. The lowest BCUT2D eigenvalue weighted by Gasteiger charge is -2.25. The van der Waals surface area contributed by atoms with Crippen LogP contribution in [0.15, 0.2) is 29.6 Å². The van der Waals surface area contributed by atoms with Crippen molar-refractivity contribution in [3.63, 3.8) is 0 Å². The van der Waals surface area contributed by atoms with E-state index in [1.54, 1.807) is 4.90 Å². The molecule has 3 N–H and O–H groups in total. The van der Waals surface area contributed by atoms with Crippen LogP contribution in [-0.2, 0) is 17.8 Å². The molecule has 6 nitrogen and oxygen atoms in total. The molecule has 0 fully saturated rings. The number of amides is 2. The highest BCUT2D eigenvalue weighted by Gasteiger charge is 2.34. The molecule has 1 aliphatic rings. The monoisotopic (exact) mass is 344 g/mol. The van der Waals surface area contributed by atoms with E-state index in [0.717, 1.165) is 11.3 Å². The van der Waals surface area contributed by atoms with Gasteiger partial charge in [0.25, 0.3) is 5.91 Å². The molecule has 7 heteroatoms. The van der Waals surface area contributed by atoms with Gasteiger partial charge < -0.3 is 16.0 Å². The number of nitrogens with one attached hydrogen (secondary N) is 1. The number of carbonyl (C=O) groups is 2. The maximum absolute atomic E-state index is 12.5. The van der Waals surface area contributed by atoms with Gasteiger partial charge in [0.2, 0.25) is 5.91 Å². The van der Waals surface area contributed by atoms with Crippen LogP contribution in [0.4, 0.5) is 5.13 Å². The van der Waals surface area contributed by atoms with Gasteiger partial charge in [-0.3, -0.25) is 9.59 Å². The molecule has 1 unspecified atom stereocenters. The summed E-state index contributed by atoms with van der Waals surface area (Å²) in [5.74, 6) is -0.193. The molecule has 0 radical (unpaired) electrons. The summed E-state index contributed by atoms with van der Waals surface area (Å²) in [5, 5.41) is 5.33. The van der Waals surface area contributed by atoms with Crippen LogP contribution in [0, 0.1) is 0 Å². The van der Waals surface area contributed by atoms with E-state index >= 15 is 0 Å². The lowest BCUT2D eigenvalue weighted by atomic mass is 10.1. The molecule has 3 rings (SSSR count). The number of carbonyl (C=O) groups excluding carboxylic acids is 2. The molecule has 0 spiro atoms. The number of fused-ring (bicyclic) bond motifs is 1. The second-order valence-electron chi connectivity index (χ2n) is 5.73. The molecule has 2 heterocycles. The van der Waals surface area contributed by atoms with Gasteiger partial charge in [-0.15, -0.1) is 11.3 Å². The topological polar surface area (TPSA) is 88.3 Å². The van der Waals surface area contributed by atoms with Crippen LogP contribution in [0.3, 0.4) is 0 Å². The summed E-state index contributed by atoms with van der Waals surface area (Å²) < 4.78 is 0. The van der Waals surface area contributed by atoms with Crippen molar-refractivity contribution in [3.05, 3.63) is 46.5 Å². The zero-order chi connectivity index (χ0) is 17.1. The average Bonchev–Trinajstić information content (AvgIpc) is 3.13. The van der Waals surface area contributed by atoms with Crippen molar-refractivity contribution in [1.29, 1.82) is 0 Å². The molecule has 0 bridgehead atoms. The fourth-order valence-electron chi connectivity index (χ4n) is 2.94. The van der Waals surface area contributed by atoms with Crippen LogP contribution in [0.5, 0.6) is 0 Å². The fourth-order valence-corrected chi connectivity index (χ4v) is 3.54. The maximum atomic E-state index is 12.5. The Kier molecular flexibility index (Phi) is 4.80. The van der Waals surface area contributed by atoms with E-state index in [1.165, 1.54) is 11.3 Å². The SMILES string of the molecule is CCC(C(=O)NCCc1csc(N)n1)N1Cc2ccccc2C1=O. The van der Waals surface area contributed by atoms with E-state index in [9.17, 15) is 9.59 Å². The first-order chi connectivity index (χ1) is 11.6. The van der Waals surface area contributed by atoms with Crippen LogP contribution in [0.2, 0.25) is 0 Å². The Morgan fingerprint density at radius 3 is 2.92 bits per heavy atom. The van der Waals surface area contributed by atoms with Gasteiger partial charge in [-0.05, 0) is 18.1 Å². The van der Waals surface area contributed by atoms with E-state index in [-0.39, 0.29) is 11.8 Å². The quantitative estimate of drug-likeness (QED) is 0.837. The first-order valence-electron chi connectivity index (χ1n) is 7.96. The molecular weight excluding hydrogens is 324 g/mol. The number of benzene rings is 1. The lowest BCUT2D eigenvalue weighted by molar-refractivity contribution is -0.125. The van der Waals surface area contributed by atoms with E-state index in [0.29, 0.717) is 36.6 Å². The Labute approximate surface area is 144 Å². The predicted octanol–water partition coefficient (Wildman–Crippen LogP) is 1.82. The Bertz CT molecular complexity index is 759. The van der Waals surface area contributed by atoms with Crippen molar-refractivity contribution in [1.82, 2.24) is 15.2 Å². The van der Waals surface area contributed by atoms with Gasteiger partial charge in [0.15, 0.2) is 5.13 Å². The number of nitrogen functional groups attached to an aromatic ring is 1. The van der Waals surface area contributed by atoms with Crippen LogP contribution >= 0.6 is 11.3 Å². The van der Waals surface area contributed by atoms with Crippen molar-refractivity contribution in [2.45, 2.75) is 32.4 Å². The third-order valence-corrected chi connectivity index (χ3v) is 4.89. The molecule has 0 aliphatic carbocycles. The molecule has 0 saturated carbocycles. The second-order valence-corrected chi connectivity index (χ2v) is 6.62. The zero-order valence-corrected chi connectivity index (χ0v) is 14.3. The summed E-state index contributed by atoms with van der Waals surface area (Å²) in [6.07, 6.45) is 1.21. The first-order valence-corrected chi connectivity index (χ1v) is 8.84. The lowest BCUT2D eigenvalue weighted by Crippen LogP contribution is -2.47. The van der Waals surface area contributed by atoms with Crippen molar-refractivity contribution in [2.24, 2.45) is 0 Å². The number of hydrogen-bond donors (Lipinski definition) is 2. The molecule has 1 aromatic heterocycles. The zero-order valence-electron chi connectivity index (χ0n) is 13.5. The Balaban J connectivity index is 1.60. The number of nitrogens with zero attached hydrogens (tertiary/aromatic N) is 2. The van der Waals surface area contributed by atoms with Gasteiger partial charge in [0, 0.05) is 30.5 Å². The van der Waals surface area contributed by atoms with Crippen molar-refractivity contribution in [2.75, 3.05) is 12.3 Å². The third kappa shape index (κ3) is 3.26. The third-order valence-electron chi connectivity index (χ3n) is 4.16. The number of rotatable bonds is 6. The van der Waals surface area contributed by atoms with Crippen LogP contribution in [0.25, 0.3) is 0 Å². The Morgan fingerprint density at radius 1 is 1.46 bits per heavy atom. The number of nitrogens with two attached hydrogens (primary N) is 1. The molecule has 2 aromatic rings. The average molecular weight is 344 g/mol. The number of thiazole rings is 1. The van der Waals surface area contributed by atoms with Gasteiger partial charge in [-0.2, -0.15) is 0 Å². The molecule has 0 saturated heterocycles. The van der Waals surface area contributed by atoms with Crippen LogP contribution < -0.4 is 11.1 Å². The minimum atomic E-state index is -0.453. The van der Waals surface area contributed by atoms with Crippen molar-refractivity contribution >= 4 is 28.3 Å². The summed E-state index contributed by atoms with van der Waals surface area (Å²) in [6, 6.07) is 7.06. The predicted molar refractivity (Wildman–Crippen MR) is 93.6 cm³/mol. The summed E-state index contributed by atoms with van der Waals surface area (Å²) in [7, 11) is 0. The van der Waals surface area contributed by atoms with Crippen molar-refractivity contribution in [3.8, 4) is 0 Å². The smallest absolute Gasteiger partial charge is 0.255 e. The van der Waals surface area contributed by atoms with Gasteiger partial charge in [0.1, 0.15) is 6.04 Å². The normalized spacial score (nSPS) is 14.5. The highest BCUT2D eigenvalue weighted by atomic mass is 32.1. The van der Waals surface area contributed by atoms with Crippen LogP contribution in [0.1, 0.15) is 35.0 Å².